The predicted molar refractivity (Wildman–Crippen MR) is 109 cm³/mol. The van der Waals surface area contributed by atoms with Crippen LogP contribution in [0.2, 0.25) is 0 Å². The van der Waals surface area contributed by atoms with Crippen LogP contribution in [0.5, 0.6) is 0 Å². The van der Waals surface area contributed by atoms with E-state index in [9.17, 15) is 0 Å². The van der Waals surface area contributed by atoms with Gasteiger partial charge in [-0.25, -0.2) is 0 Å². The van der Waals surface area contributed by atoms with Gasteiger partial charge in [0.15, 0.2) is 5.96 Å². The molecule has 0 radical (unpaired) electrons. The minimum atomic E-state index is 0. The normalized spacial score (nSPS) is 31.6. The summed E-state index contributed by atoms with van der Waals surface area (Å²) in [7, 11) is 4.08. The van der Waals surface area contributed by atoms with Gasteiger partial charge in [0.1, 0.15) is 0 Å². The number of nitrogens with zero attached hydrogens (tertiary/aromatic N) is 3. The Kier molecular flexibility index (Phi) is 8.53. The molecule has 3 heterocycles. The fraction of sp³-hybridized carbons (Fsp3) is 0.941. The summed E-state index contributed by atoms with van der Waals surface area (Å²) in [6, 6.07) is 0.445. The Balaban J connectivity index is 0.00000208. The van der Waals surface area contributed by atoms with Crippen molar-refractivity contribution >= 4 is 29.9 Å². The van der Waals surface area contributed by atoms with Gasteiger partial charge in [-0.1, -0.05) is 0 Å². The third kappa shape index (κ3) is 5.71. The van der Waals surface area contributed by atoms with Crippen LogP contribution >= 0.6 is 24.0 Å². The van der Waals surface area contributed by atoms with Crippen molar-refractivity contribution in [3.8, 4) is 0 Å². The molecule has 140 valence electrons. The molecule has 0 saturated carbocycles. The summed E-state index contributed by atoms with van der Waals surface area (Å²) < 4.78 is 5.90. The standard InChI is InChI=1S/C17H33N5O.HI/c1-18-17(20-15-13-14-5-6-16(15)23-14)19-7-3-9-22-10-4-8-21(2)11-12-22;/h14-16H,3-13H2,1-2H3,(H2,18,19,20);1H. The van der Waals surface area contributed by atoms with Crippen molar-refractivity contribution < 1.29 is 4.74 Å². The van der Waals surface area contributed by atoms with Crippen LogP contribution in [0.15, 0.2) is 4.99 Å². The molecule has 24 heavy (non-hydrogen) atoms. The smallest absolute Gasteiger partial charge is 0.191 e. The summed E-state index contributed by atoms with van der Waals surface area (Å²) in [4.78, 5) is 9.38. The van der Waals surface area contributed by atoms with E-state index < -0.39 is 0 Å². The number of fused-ring (bicyclic) bond motifs is 2. The molecule has 3 unspecified atom stereocenters. The molecule has 0 aliphatic carbocycles. The van der Waals surface area contributed by atoms with Gasteiger partial charge < -0.3 is 25.2 Å². The van der Waals surface area contributed by atoms with Crippen molar-refractivity contribution in [3.63, 3.8) is 0 Å². The summed E-state index contributed by atoms with van der Waals surface area (Å²) >= 11 is 0. The maximum atomic E-state index is 5.90. The molecular formula is C17H34IN5O. The van der Waals surface area contributed by atoms with Crippen molar-refractivity contribution in [2.45, 2.75) is 50.4 Å². The molecule has 2 N–H and O–H groups in total. The Bertz CT molecular complexity index is 408. The molecular weight excluding hydrogens is 417 g/mol. The maximum Gasteiger partial charge on any atom is 0.191 e. The van der Waals surface area contributed by atoms with Crippen LogP contribution in [-0.2, 0) is 4.74 Å². The summed E-state index contributed by atoms with van der Waals surface area (Å²) in [6.45, 7) is 7.02. The van der Waals surface area contributed by atoms with E-state index in [1.54, 1.807) is 0 Å². The van der Waals surface area contributed by atoms with Crippen molar-refractivity contribution in [2.75, 3.05) is 53.4 Å². The average molecular weight is 451 g/mol. The molecule has 0 aromatic carbocycles. The average Bonchev–Trinajstić information content (AvgIpc) is 3.11. The molecule has 0 spiro atoms. The first-order valence-electron chi connectivity index (χ1n) is 9.28. The highest BCUT2D eigenvalue weighted by Gasteiger charge is 2.41. The SMILES string of the molecule is CN=C(NCCCN1CCCN(C)CC1)NC1CC2CCC1O2.I. The second-order valence-corrected chi connectivity index (χ2v) is 7.21. The minimum Gasteiger partial charge on any atom is -0.373 e. The van der Waals surface area contributed by atoms with E-state index in [0.29, 0.717) is 18.2 Å². The lowest BCUT2D eigenvalue weighted by atomic mass is 9.96. The van der Waals surface area contributed by atoms with Gasteiger partial charge in [0, 0.05) is 26.7 Å². The number of guanidine groups is 1. The molecule has 3 atom stereocenters. The molecule has 7 heteroatoms. The van der Waals surface area contributed by atoms with E-state index >= 15 is 0 Å². The van der Waals surface area contributed by atoms with Crippen LogP contribution in [0.4, 0.5) is 0 Å². The van der Waals surface area contributed by atoms with Crippen molar-refractivity contribution in [2.24, 2.45) is 4.99 Å². The summed E-state index contributed by atoms with van der Waals surface area (Å²) in [5.74, 6) is 0.932. The zero-order valence-corrected chi connectivity index (χ0v) is 17.5. The van der Waals surface area contributed by atoms with Gasteiger partial charge in [0.2, 0.25) is 0 Å². The van der Waals surface area contributed by atoms with E-state index in [2.05, 4.69) is 32.5 Å². The zero-order chi connectivity index (χ0) is 16.1. The number of rotatable bonds is 5. The topological polar surface area (TPSA) is 52.1 Å². The minimum absolute atomic E-state index is 0. The lowest BCUT2D eigenvalue weighted by Gasteiger charge is -2.23. The summed E-state index contributed by atoms with van der Waals surface area (Å²) in [5, 5.41) is 7.01. The number of hydrogen-bond acceptors (Lipinski definition) is 4. The fourth-order valence-corrected chi connectivity index (χ4v) is 3.99. The van der Waals surface area contributed by atoms with Crippen LogP contribution in [0, 0.1) is 0 Å². The first-order valence-corrected chi connectivity index (χ1v) is 9.28. The number of aliphatic imine (C=N–C) groups is 1. The van der Waals surface area contributed by atoms with Gasteiger partial charge in [0.05, 0.1) is 18.2 Å². The third-order valence-electron chi connectivity index (χ3n) is 5.41. The van der Waals surface area contributed by atoms with E-state index in [1.807, 2.05) is 7.05 Å². The molecule has 2 bridgehead atoms. The lowest BCUT2D eigenvalue weighted by molar-refractivity contribution is 0.0992. The van der Waals surface area contributed by atoms with Gasteiger partial charge in [-0.15, -0.1) is 24.0 Å². The highest BCUT2D eigenvalue weighted by Crippen LogP contribution is 2.34. The van der Waals surface area contributed by atoms with Crippen molar-refractivity contribution in [1.29, 1.82) is 0 Å². The largest absolute Gasteiger partial charge is 0.373 e. The zero-order valence-electron chi connectivity index (χ0n) is 15.2. The van der Waals surface area contributed by atoms with Crippen LogP contribution in [-0.4, -0.2) is 87.4 Å². The Labute approximate surface area is 163 Å². The van der Waals surface area contributed by atoms with Crippen molar-refractivity contribution in [1.82, 2.24) is 20.4 Å². The Hall–Kier alpha value is -0.120. The quantitative estimate of drug-likeness (QED) is 0.284. The van der Waals surface area contributed by atoms with Crippen molar-refractivity contribution in [3.05, 3.63) is 0 Å². The molecule has 0 amide bonds. The second-order valence-electron chi connectivity index (χ2n) is 7.21. The van der Waals surface area contributed by atoms with Gasteiger partial charge in [-0.05, 0) is 58.8 Å². The highest BCUT2D eigenvalue weighted by molar-refractivity contribution is 14.0. The molecule has 3 rings (SSSR count). The van der Waals surface area contributed by atoms with Gasteiger partial charge in [0.25, 0.3) is 0 Å². The van der Waals surface area contributed by atoms with Crippen LogP contribution in [0.3, 0.4) is 0 Å². The van der Waals surface area contributed by atoms with Gasteiger partial charge in [-0.2, -0.15) is 0 Å². The number of hydrogen-bond donors (Lipinski definition) is 2. The van der Waals surface area contributed by atoms with E-state index in [4.69, 9.17) is 4.74 Å². The Morgan fingerprint density at radius 1 is 1.21 bits per heavy atom. The van der Waals surface area contributed by atoms with E-state index in [-0.39, 0.29) is 24.0 Å². The highest BCUT2D eigenvalue weighted by atomic mass is 127. The van der Waals surface area contributed by atoms with Gasteiger partial charge in [-0.3, -0.25) is 4.99 Å². The maximum absolute atomic E-state index is 5.90. The number of nitrogens with one attached hydrogen (secondary N) is 2. The van der Waals surface area contributed by atoms with E-state index in [0.717, 1.165) is 25.3 Å². The number of ether oxygens (including phenoxy) is 1. The van der Waals surface area contributed by atoms with Crippen LogP contribution in [0.1, 0.15) is 32.1 Å². The fourth-order valence-electron chi connectivity index (χ4n) is 3.99. The number of likely N-dealkylation sites (N-methyl/N-ethyl adjacent to an activating group) is 1. The lowest BCUT2D eigenvalue weighted by Crippen LogP contribution is -2.47. The molecule has 3 aliphatic heterocycles. The first kappa shape index (κ1) is 20.2. The van der Waals surface area contributed by atoms with Gasteiger partial charge >= 0.3 is 0 Å². The molecule has 3 fully saturated rings. The molecule has 3 saturated heterocycles. The Morgan fingerprint density at radius 3 is 2.79 bits per heavy atom. The van der Waals surface area contributed by atoms with Crippen LogP contribution < -0.4 is 10.6 Å². The second kappa shape index (κ2) is 10.1. The molecule has 0 aromatic heterocycles. The first-order chi connectivity index (χ1) is 11.2. The third-order valence-corrected chi connectivity index (χ3v) is 5.41. The predicted octanol–water partition coefficient (Wildman–Crippen LogP) is 1.12. The summed E-state index contributed by atoms with van der Waals surface area (Å²) in [6.07, 6.45) is 6.90. The molecule has 6 nitrogen and oxygen atoms in total. The molecule has 3 aliphatic rings. The van der Waals surface area contributed by atoms with E-state index in [1.165, 1.54) is 52.0 Å². The van der Waals surface area contributed by atoms with Crippen LogP contribution in [0.25, 0.3) is 0 Å². The molecule has 0 aromatic rings. The summed E-state index contributed by atoms with van der Waals surface area (Å²) in [5.41, 5.74) is 0. The monoisotopic (exact) mass is 451 g/mol. The Morgan fingerprint density at radius 2 is 2.08 bits per heavy atom. The number of halogens is 1.